The third-order valence-corrected chi connectivity index (χ3v) is 1.80. The largest absolute Gasteiger partial charge is 0.466 e. The Morgan fingerprint density at radius 2 is 1.47 bits per heavy atom. The fraction of sp³-hybridized carbons (Fsp3) is 0.267. The molecule has 0 spiro atoms. The minimum atomic E-state index is -0.348. The van der Waals surface area contributed by atoms with Gasteiger partial charge in [-0.1, -0.05) is 68.0 Å². The molecule has 0 heterocycles. The van der Waals surface area contributed by atoms with Gasteiger partial charge in [-0.25, -0.2) is 4.79 Å². The van der Waals surface area contributed by atoms with Crippen molar-refractivity contribution >= 4 is 5.97 Å². The van der Waals surface area contributed by atoms with Crippen molar-refractivity contribution in [3.63, 3.8) is 0 Å². The van der Waals surface area contributed by atoms with Crippen molar-refractivity contribution in [1.82, 2.24) is 0 Å². The summed E-state index contributed by atoms with van der Waals surface area (Å²) in [6.45, 7) is 2.15. The van der Waals surface area contributed by atoms with Gasteiger partial charge in [-0.3, -0.25) is 0 Å². The van der Waals surface area contributed by atoms with E-state index in [1.165, 1.54) is 19.6 Å². The summed E-state index contributed by atoms with van der Waals surface area (Å²) in [6.07, 6.45) is 20.9. The number of hydrogen-bond donors (Lipinski definition) is 0. The van der Waals surface area contributed by atoms with Gasteiger partial charge in [-0.05, 0) is 6.42 Å². The number of ether oxygens (including phenoxy) is 1. The Morgan fingerprint density at radius 1 is 0.941 bits per heavy atom. The smallest absolute Gasteiger partial charge is 0.330 e. The molecule has 0 N–H and O–H groups in total. The van der Waals surface area contributed by atoms with Crippen LogP contribution < -0.4 is 0 Å². The van der Waals surface area contributed by atoms with Gasteiger partial charge in [0, 0.05) is 6.08 Å². The van der Waals surface area contributed by atoms with E-state index in [1.807, 2.05) is 36.5 Å². The van der Waals surface area contributed by atoms with Crippen LogP contribution in [-0.2, 0) is 9.53 Å². The maximum Gasteiger partial charge on any atom is 0.330 e. The van der Waals surface area contributed by atoms with E-state index in [2.05, 4.69) is 17.7 Å². The highest BCUT2D eigenvalue weighted by molar-refractivity contribution is 5.82. The van der Waals surface area contributed by atoms with Crippen LogP contribution in [0.15, 0.2) is 60.8 Å². The van der Waals surface area contributed by atoms with Crippen LogP contribution in [0.5, 0.6) is 0 Å². The minimum absolute atomic E-state index is 0.348. The standard InChI is InChI=1S/C15H20O2/c1-3-4-5-6-7-8-9-10-11-12-13-14-15(16)17-2/h5-14H,3-4H2,1-2H3. The molecule has 2 nitrogen and oxygen atoms in total. The molecule has 2 heteroatoms. The van der Waals surface area contributed by atoms with Crippen LogP contribution in [0.3, 0.4) is 0 Å². The first kappa shape index (κ1) is 15.2. The second-order valence-corrected chi connectivity index (χ2v) is 3.25. The average Bonchev–Trinajstić information content (AvgIpc) is 2.35. The Balaban J connectivity index is 3.76. The van der Waals surface area contributed by atoms with Gasteiger partial charge in [-0.2, -0.15) is 0 Å². The zero-order chi connectivity index (χ0) is 12.8. The van der Waals surface area contributed by atoms with Crippen molar-refractivity contribution in [3.05, 3.63) is 60.8 Å². The van der Waals surface area contributed by atoms with Crippen LogP contribution in [0, 0.1) is 0 Å². The lowest BCUT2D eigenvalue weighted by molar-refractivity contribution is -0.134. The topological polar surface area (TPSA) is 26.3 Å². The summed E-state index contributed by atoms with van der Waals surface area (Å²) >= 11 is 0. The van der Waals surface area contributed by atoms with E-state index < -0.39 is 0 Å². The molecule has 0 rings (SSSR count). The quantitative estimate of drug-likeness (QED) is 0.380. The predicted octanol–water partition coefficient (Wildman–Crippen LogP) is 3.74. The summed E-state index contributed by atoms with van der Waals surface area (Å²) in [5, 5.41) is 0. The molecule has 0 fully saturated rings. The van der Waals surface area contributed by atoms with Gasteiger partial charge in [0.2, 0.25) is 0 Å². The molecule has 0 radical (unpaired) electrons. The lowest BCUT2D eigenvalue weighted by Crippen LogP contribution is -1.92. The normalized spacial score (nSPS) is 12.8. The molecule has 0 saturated heterocycles. The summed E-state index contributed by atoms with van der Waals surface area (Å²) in [4.78, 5) is 10.7. The Bertz CT molecular complexity index is 331. The summed E-state index contributed by atoms with van der Waals surface area (Å²) in [5.74, 6) is -0.348. The van der Waals surface area contributed by atoms with Gasteiger partial charge in [-0.15, -0.1) is 0 Å². The summed E-state index contributed by atoms with van der Waals surface area (Å²) < 4.78 is 4.45. The molecule has 0 aromatic heterocycles. The summed E-state index contributed by atoms with van der Waals surface area (Å²) in [7, 11) is 1.35. The van der Waals surface area contributed by atoms with Gasteiger partial charge in [0.05, 0.1) is 7.11 Å². The van der Waals surface area contributed by atoms with Gasteiger partial charge in [0.15, 0.2) is 0 Å². The Kier molecular flexibility index (Phi) is 10.9. The van der Waals surface area contributed by atoms with E-state index in [-0.39, 0.29) is 5.97 Å². The van der Waals surface area contributed by atoms with Crippen molar-refractivity contribution in [2.75, 3.05) is 7.11 Å². The SMILES string of the molecule is CCCC=CC=CC=CC=CC=CC(=O)OC. The second kappa shape index (κ2) is 12.2. The Hall–Kier alpha value is -1.83. The molecular formula is C15H20O2. The van der Waals surface area contributed by atoms with Gasteiger partial charge in [0.1, 0.15) is 0 Å². The fourth-order valence-corrected chi connectivity index (χ4v) is 0.929. The van der Waals surface area contributed by atoms with E-state index in [1.54, 1.807) is 12.2 Å². The first-order valence-corrected chi connectivity index (χ1v) is 5.72. The molecule has 0 aliphatic carbocycles. The van der Waals surface area contributed by atoms with E-state index in [9.17, 15) is 4.79 Å². The highest BCUT2D eigenvalue weighted by atomic mass is 16.5. The molecule has 0 aliphatic rings. The van der Waals surface area contributed by atoms with Crippen molar-refractivity contribution in [2.24, 2.45) is 0 Å². The van der Waals surface area contributed by atoms with Crippen LogP contribution in [0.1, 0.15) is 19.8 Å². The van der Waals surface area contributed by atoms with Crippen LogP contribution in [0.2, 0.25) is 0 Å². The molecule has 0 saturated carbocycles. The molecular weight excluding hydrogens is 212 g/mol. The number of carbonyl (C=O) groups is 1. The minimum Gasteiger partial charge on any atom is -0.466 e. The van der Waals surface area contributed by atoms with Crippen LogP contribution in [0.4, 0.5) is 0 Å². The molecule has 0 atom stereocenters. The number of unbranched alkanes of at least 4 members (excludes halogenated alkanes) is 1. The predicted molar refractivity (Wildman–Crippen MR) is 72.6 cm³/mol. The van der Waals surface area contributed by atoms with E-state index >= 15 is 0 Å². The first-order chi connectivity index (χ1) is 8.31. The Morgan fingerprint density at radius 3 is 2.00 bits per heavy atom. The molecule has 0 bridgehead atoms. The number of esters is 1. The fourth-order valence-electron chi connectivity index (χ4n) is 0.929. The van der Waals surface area contributed by atoms with Gasteiger partial charge < -0.3 is 4.74 Å². The second-order valence-electron chi connectivity index (χ2n) is 3.25. The van der Waals surface area contributed by atoms with E-state index in [0.29, 0.717) is 0 Å². The van der Waals surface area contributed by atoms with Crippen LogP contribution in [-0.4, -0.2) is 13.1 Å². The van der Waals surface area contributed by atoms with Crippen molar-refractivity contribution in [1.29, 1.82) is 0 Å². The number of methoxy groups -OCH3 is 1. The van der Waals surface area contributed by atoms with Crippen LogP contribution in [0.25, 0.3) is 0 Å². The molecule has 0 amide bonds. The highest BCUT2D eigenvalue weighted by Crippen LogP contribution is 1.89. The van der Waals surface area contributed by atoms with Crippen LogP contribution >= 0.6 is 0 Å². The van der Waals surface area contributed by atoms with Crippen molar-refractivity contribution < 1.29 is 9.53 Å². The maximum atomic E-state index is 10.7. The average molecular weight is 232 g/mol. The number of hydrogen-bond acceptors (Lipinski definition) is 2. The molecule has 17 heavy (non-hydrogen) atoms. The van der Waals surface area contributed by atoms with E-state index in [4.69, 9.17) is 0 Å². The first-order valence-electron chi connectivity index (χ1n) is 5.72. The van der Waals surface area contributed by atoms with Crippen molar-refractivity contribution in [3.8, 4) is 0 Å². The molecule has 0 aromatic carbocycles. The Labute approximate surface area is 104 Å². The molecule has 0 aliphatic heterocycles. The zero-order valence-corrected chi connectivity index (χ0v) is 10.5. The monoisotopic (exact) mass is 232 g/mol. The lowest BCUT2D eigenvalue weighted by atomic mass is 10.3. The highest BCUT2D eigenvalue weighted by Gasteiger charge is 1.85. The third-order valence-electron chi connectivity index (χ3n) is 1.80. The van der Waals surface area contributed by atoms with Crippen molar-refractivity contribution in [2.45, 2.75) is 19.8 Å². The maximum absolute atomic E-state index is 10.7. The number of rotatable bonds is 7. The van der Waals surface area contributed by atoms with Gasteiger partial charge >= 0.3 is 5.97 Å². The van der Waals surface area contributed by atoms with E-state index in [0.717, 1.165) is 6.42 Å². The zero-order valence-electron chi connectivity index (χ0n) is 10.5. The molecule has 0 unspecified atom stereocenters. The summed E-state index contributed by atoms with van der Waals surface area (Å²) in [6, 6.07) is 0. The van der Waals surface area contributed by atoms with Gasteiger partial charge in [0.25, 0.3) is 0 Å². The number of carbonyl (C=O) groups excluding carboxylic acids is 1. The molecule has 0 aromatic rings. The molecule has 92 valence electrons. The third kappa shape index (κ3) is 12.1. The summed E-state index contributed by atoms with van der Waals surface area (Å²) in [5.41, 5.74) is 0. The number of allylic oxidation sites excluding steroid dienone is 9. The lowest BCUT2D eigenvalue weighted by Gasteiger charge is -1.85.